The average molecular weight is 231 g/mol. The lowest BCUT2D eigenvalue weighted by Crippen LogP contribution is -2.37. The normalized spacial score (nSPS) is 30.4. The fourth-order valence-corrected chi connectivity index (χ4v) is 4.50. The predicted molar refractivity (Wildman–Crippen MR) is 68.4 cm³/mol. The molecule has 2 rings (SSSR count). The van der Waals surface area contributed by atoms with Gasteiger partial charge in [0.1, 0.15) is 0 Å². The Morgan fingerprint density at radius 1 is 1.00 bits per heavy atom. The van der Waals surface area contributed by atoms with Crippen molar-refractivity contribution in [1.82, 2.24) is 5.32 Å². The maximum absolute atomic E-state index is 3.76. The first kappa shape index (κ1) is 11.2. The van der Waals surface area contributed by atoms with E-state index >= 15 is 0 Å². The Balaban J connectivity index is 1.60. The molecule has 0 bridgehead atoms. The van der Waals surface area contributed by atoms with E-state index in [2.05, 4.69) is 28.8 Å². The third kappa shape index (κ3) is 3.67. The molecule has 2 aliphatic rings. The van der Waals surface area contributed by atoms with Gasteiger partial charge in [0.15, 0.2) is 0 Å². The fraction of sp³-hybridized carbons (Fsp3) is 1.00. The summed E-state index contributed by atoms with van der Waals surface area (Å²) < 4.78 is 0. The molecule has 3 heteroatoms. The minimum atomic E-state index is 0.823. The zero-order chi connectivity index (χ0) is 9.64. The van der Waals surface area contributed by atoms with Crippen molar-refractivity contribution >= 4 is 23.5 Å². The first-order valence-corrected chi connectivity index (χ1v) is 8.15. The average Bonchev–Trinajstić information content (AvgIpc) is 2.29. The smallest absolute Gasteiger partial charge is 0.0158 e. The van der Waals surface area contributed by atoms with E-state index in [-0.39, 0.29) is 0 Å². The molecule has 2 aliphatic heterocycles. The van der Waals surface area contributed by atoms with Gasteiger partial charge >= 0.3 is 0 Å². The highest BCUT2D eigenvalue weighted by atomic mass is 32.2. The van der Waals surface area contributed by atoms with Crippen LogP contribution in [0.15, 0.2) is 0 Å². The number of hydrogen-bond acceptors (Lipinski definition) is 3. The number of thioether (sulfide) groups is 2. The summed E-state index contributed by atoms with van der Waals surface area (Å²) in [6, 6.07) is 0.823. The van der Waals surface area contributed by atoms with Gasteiger partial charge < -0.3 is 5.32 Å². The molecule has 0 aromatic heterocycles. The molecule has 0 aromatic rings. The van der Waals surface area contributed by atoms with Crippen LogP contribution in [0.25, 0.3) is 0 Å². The molecule has 1 N–H and O–H groups in total. The van der Waals surface area contributed by atoms with Gasteiger partial charge in [0, 0.05) is 11.8 Å². The topological polar surface area (TPSA) is 12.0 Å². The minimum absolute atomic E-state index is 0.823. The molecule has 1 atom stereocenters. The monoisotopic (exact) mass is 231 g/mol. The van der Waals surface area contributed by atoms with Gasteiger partial charge in [-0.1, -0.05) is 0 Å². The minimum Gasteiger partial charge on any atom is -0.313 e. The van der Waals surface area contributed by atoms with Crippen molar-refractivity contribution in [3.05, 3.63) is 0 Å². The van der Waals surface area contributed by atoms with E-state index in [4.69, 9.17) is 0 Å². The summed E-state index contributed by atoms with van der Waals surface area (Å²) in [6.45, 7) is 1.28. The molecule has 1 unspecified atom stereocenters. The van der Waals surface area contributed by atoms with Crippen LogP contribution in [0.4, 0.5) is 0 Å². The maximum Gasteiger partial charge on any atom is 0.0158 e. The second kappa shape index (κ2) is 6.29. The van der Waals surface area contributed by atoms with Crippen LogP contribution < -0.4 is 5.32 Å². The van der Waals surface area contributed by atoms with E-state index < -0.39 is 0 Å². The van der Waals surface area contributed by atoms with Gasteiger partial charge in [-0.25, -0.2) is 0 Å². The second-order valence-corrected chi connectivity index (χ2v) is 6.75. The largest absolute Gasteiger partial charge is 0.313 e. The van der Waals surface area contributed by atoms with Gasteiger partial charge in [0.2, 0.25) is 0 Å². The van der Waals surface area contributed by atoms with Gasteiger partial charge in [-0.3, -0.25) is 0 Å². The van der Waals surface area contributed by atoms with Gasteiger partial charge in [0.05, 0.1) is 0 Å². The molecule has 1 nitrogen and oxygen atoms in total. The molecule has 82 valence electrons. The van der Waals surface area contributed by atoms with Gasteiger partial charge in [-0.2, -0.15) is 23.5 Å². The van der Waals surface area contributed by atoms with Crippen LogP contribution in [0.3, 0.4) is 0 Å². The number of nitrogens with one attached hydrogen (secondary N) is 1. The van der Waals surface area contributed by atoms with Crippen LogP contribution in [0.1, 0.15) is 25.7 Å². The van der Waals surface area contributed by atoms with Crippen LogP contribution in [0.5, 0.6) is 0 Å². The Morgan fingerprint density at radius 3 is 2.57 bits per heavy atom. The predicted octanol–water partition coefficient (Wildman–Crippen LogP) is 2.61. The molecule has 0 aromatic carbocycles. The SMILES string of the molecule is C1CSCC(NCC2CCSCC2)C1. The lowest BCUT2D eigenvalue weighted by atomic mass is 10.0. The molecular formula is C11H21NS2. The molecule has 2 heterocycles. The van der Waals surface area contributed by atoms with Crippen LogP contribution in [-0.4, -0.2) is 35.6 Å². The molecule has 14 heavy (non-hydrogen) atoms. The number of rotatable bonds is 3. The molecule has 2 saturated heterocycles. The van der Waals surface area contributed by atoms with Crippen molar-refractivity contribution in [1.29, 1.82) is 0 Å². The molecule has 0 saturated carbocycles. The summed E-state index contributed by atoms with van der Waals surface area (Å²) in [4.78, 5) is 0. The van der Waals surface area contributed by atoms with Gasteiger partial charge in [-0.05, 0) is 55.4 Å². The van der Waals surface area contributed by atoms with Crippen molar-refractivity contribution in [3.63, 3.8) is 0 Å². The third-order valence-electron chi connectivity index (χ3n) is 3.20. The van der Waals surface area contributed by atoms with E-state index in [9.17, 15) is 0 Å². The van der Waals surface area contributed by atoms with Crippen molar-refractivity contribution < 1.29 is 0 Å². The summed E-state index contributed by atoms with van der Waals surface area (Å²) in [5.74, 6) is 6.50. The van der Waals surface area contributed by atoms with Crippen LogP contribution in [-0.2, 0) is 0 Å². The third-order valence-corrected chi connectivity index (χ3v) is 5.46. The van der Waals surface area contributed by atoms with Crippen molar-refractivity contribution in [3.8, 4) is 0 Å². The summed E-state index contributed by atoms with van der Waals surface area (Å²) in [5, 5.41) is 3.76. The summed E-state index contributed by atoms with van der Waals surface area (Å²) in [6.07, 6.45) is 5.71. The summed E-state index contributed by atoms with van der Waals surface area (Å²) >= 11 is 4.25. The lowest BCUT2D eigenvalue weighted by molar-refractivity contribution is 0.405. The number of hydrogen-bond donors (Lipinski definition) is 1. The standard InChI is InChI=1S/C11H21NS2/c1-2-11(9-14-5-1)12-8-10-3-6-13-7-4-10/h10-12H,1-9H2. The highest BCUT2D eigenvalue weighted by Gasteiger charge is 2.17. The highest BCUT2D eigenvalue weighted by molar-refractivity contribution is 7.99. The zero-order valence-electron chi connectivity index (χ0n) is 8.84. The first-order valence-electron chi connectivity index (χ1n) is 5.84. The van der Waals surface area contributed by atoms with Crippen molar-refractivity contribution in [2.75, 3.05) is 29.6 Å². The summed E-state index contributed by atoms with van der Waals surface area (Å²) in [5.41, 5.74) is 0. The van der Waals surface area contributed by atoms with E-state index in [0.29, 0.717) is 0 Å². The Kier molecular flexibility index (Phi) is 5.01. The molecule has 0 radical (unpaired) electrons. The Morgan fingerprint density at radius 2 is 1.86 bits per heavy atom. The van der Waals surface area contributed by atoms with Crippen molar-refractivity contribution in [2.45, 2.75) is 31.7 Å². The first-order chi connectivity index (χ1) is 6.95. The second-order valence-electron chi connectivity index (χ2n) is 4.38. The summed E-state index contributed by atoms with van der Waals surface area (Å²) in [7, 11) is 0. The van der Waals surface area contributed by atoms with Gasteiger partial charge in [-0.15, -0.1) is 0 Å². The Bertz CT molecular complexity index is 133. The van der Waals surface area contributed by atoms with Gasteiger partial charge in [0.25, 0.3) is 0 Å². The molecular weight excluding hydrogens is 210 g/mol. The Labute approximate surface area is 96.2 Å². The lowest BCUT2D eigenvalue weighted by Gasteiger charge is -2.27. The fourth-order valence-electron chi connectivity index (χ4n) is 2.19. The molecule has 0 amide bonds. The van der Waals surface area contributed by atoms with Crippen LogP contribution >= 0.6 is 23.5 Å². The van der Waals surface area contributed by atoms with E-state index in [0.717, 1.165) is 12.0 Å². The van der Waals surface area contributed by atoms with E-state index in [1.807, 2.05) is 0 Å². The van der Waals surface area contributed by atoms with Crippen LogP contribution in [0.2, 0.25) is 0 Å². The molecule has 0 spiro atoms. The molecule has 2 fully saturated rings. The zero-order valence-corrected chi connectivity index (χ0v) is 10.5. The molecule has 0 aliphatic carbocycles. The van der Waals surface area contributed by atoms with Crippen LogP contribution in [0, 0.1) is 5.92 Å². The Hall–Kier alpha value is 0.660. The maximum atomic E-state index is 3.76. The van der Waals surface area contributed by atoms with E-state index in [1.54, 1.807) is 0 Å². The highest BCUT2D eigenvalue weighted by Crippen LogP contribution is 2.23. The quantitative estimate of drug-likeness (QED) is 0.802. The van der Waals surface area contributed by atoms with E-state index in [1.165, 1.54) is 55.2 Å². The van der Waals surface area contributed by atoms with Crippen molar-refractivity contribution in [2.24, 2.45) is 5.92 Å².